The maximum absolute atomic E-state index is 5.72. The summed E-state index contributed by atoms with van der Waals surface area (Å²) in [5, 5.41) is 3.57. The number of nitrogens with zero attached hydrogens (tertiary/aromatic N) is 2. The number of hydrogen-bond donors (Lipinski definition) is 1. The highest BCUT2D eigenvalue weighted by Gasteiger charge is 2.16. The van der Waals surface area contributed by atoms with Crippen molar-refractivity contribution in [2.45, 2.75) is 6.17 Å². The van der Waals surface area contributed by atoms with Crippen molar-refractivity contribution < 1.29 is 0 Å². The van der Waals surface area contributed by atoms with Gasteiger partial charge in [-0.25, -0.2) is 0 Å². The molecule has 1 unspecified atom stereocenters. The molecule has 0 radical (unpaired) electrons. The third-order valence-electron chi connectivity index (χ3n) is 1.48. The van der Waals surface area contributed by atoms with E-state index >= 15 is 0 Å². The Hall–Kier alpha value is -1.09. The number of allylic oxidation sites excluding steroid dienone is 2. The van der Waals surface area contributed by atoms with Gasteiger partial charge in [0.05, 0.1) is 5.70 Å². The molecule has 0 aromatic heterocycles. The van der Waals surface area contributed by atoms with Gasteiger partial charge in [-0.2, -0.15) is 0 Å². The molecular weight excluding hydrogens is 162 g/mol. The largest absolute Gasteiger partial charge is 0.349 e. The second-order valence-corrected chi connectivity index (χ2v) is 2.64. The van der Waals surface area contributed by atoms with Crippen molar-refractivity contribution in [3.63, 3.8) is 0 Å². The molecule has 0 aliphatic carbocycles. The summed E-state index contributed by atoms with van der Waals surface area (Å²) in [7, 11) is 0. The second kappa shape index (κ2) is 2.51. The highest BCUT2D eigenvalue weighted by atomic mass is 35.5. The Bertz CT molecular complexity index is 288. The molecule has 2 aliphatic rings. The summed E-state index contributed by atoms with van der Waals surface area (Å²) < 4.78 is 0. The van der Waals surface area contributed by atoms with E-state index < -0.39 is 0 Å². The van der Waals surface area contributed by atoms with Gasteiger partial charge >= 0.3 is 0 Å². The monoisotopic (exact) mass is 167 g/mol. The van der Waals surface area contributed by atoms with Gasteiger partial charge in [0.2, 0.25) is 0 Å². The average molecular weight is 168 g/mol. The number of rotatable bonds is 0. The predicted molar refractivity (Wildman–Crippen MR) is 45.9 cm³/mol. The molecule has 0 amide bonds. The Kier molecular flexibility index (Phi) is 1.51. The molecule has 11 heavy (non-hydrogen) atoms. The summed E-state index contributed by atoms with van der Waals surface area (Å²) in [4.78, 5) is 8.23. The van der Waals surface area contributed by atoms with E-state index in [1.807, 2.05) is 6.08 Å². The summed E-state index contributed by atoms with van der Waals surface area (Å²) in [5.74, 6) is 0. The molecule has 2 rings (SSSR count). The fraction of sp³-hybridized carbons (Fsp3) is 0.143. The van der Waals surface area contributed by atoms with Crippen molar-refractivity contribution in [2.75, 3.05) is 0 Å². The molecule has 2 heterocycles. The van der Waals surface area contributed by atoms with Crippen molar-refractivity contribution in [3.05, 3.63) is 23.0 Å². The van der Waals surface area contributed by atoms with Crippen LogP contribution in [0.5, 0.6) is 0 Å². The number of aliphatic imine (C=N–C) groups is 2. The Morgan fingerprint density at radius 2 is 2.27 bits per heavy atom. The number of hydrogen-bond acceptors (Lipinski definition) is 3. The first-order valence-corrected chi connectivity index (χ1v) is 3.64. The molecule has 0 aromatic rings. The third-order valence-corrected chi connectivity index (χ3v) is 1.72. The van der Waals surface area contributed by atoms with Crippen LogP contribution < -0.4 is 5.32 Å². The van der Waals surface area contributed by atoms with Gasteiger partial charge in [0.25, 0.3) is 0 Å². The van der Waals surface area contributed by atoms with Crippen LogP contribution in [0.3, 0.4) is 0 Å². The lowest BCUT2D eigenvalue weighted by atomic mass is 10.2. The van der Waals surface area contributed by atoms with Gasteiger partial charge in [-0.15, -0.1) is 0 Å². The first-order valence-electron chi connectivity index (χ1n) is 3.26. The summed E-state index contributed by atoms with van der Waals surface area (Å²) in [6.07, 6.45) is 6.86. The van der Waals surface area contributed by atoms with E-state index in [2.05, 4.69) is 15.3 Å². The summed E-state index contributed by atoms with van der Waals surface area (Å²) in [5.41, 5.74) is 0.900. The average Bonchev–Trinajstić information content (AvgIpc) is 2.04. The Morgan fingerprint density at radius 1 is 1.36 bits per heavy atom. The van der Waals surface area contributed by atoms with Crippen LogP contribution in [0.1, 0.15) is 0 Å². The molecule has 0 fully saturated rings. The molecule has 1 N–H and O–H groups in total. The second-order valence-electron chi connectivity index (χ2n) is 2.23. The van der Waals surface area contributed by atoms with Crippen LogP contribution in [0.15, 0.2) is 33.0 Å². The molecule has 2 aliphatic heterocycles. The van der Waals surface area contributed by atoms with Gasteiger partial charge in [0, 0.05) is 12.4 Å². The van der Waals surface area contributed by atoms with Crippen LogP contribution in [0.25, 0.3) is 0 Å². The minimum Gasteiger partial charge on any atom is -0.349 e. The molecule has 0 aromatic carbocycles. The van der Waals surface area contributed by atoms with Gasteiger partial charge in [-0.3, -0.25) is 9.98 Å². The number of nitrogens with one attached hydrogen (secondary N) is 1. The highest BCUT2D eigenvalue weighted by Crippen LogP contribution is 2.16. The quantitative estimate of drug-likeness (QED) is 0.538. The zero-order chi connectivity index (χ0) is 7.68. The van der Waals surface area contributed by atoms with Gasteiger partial charge in [-0.1, -0.05) is 11.6 Å². The van der Waals surface area contributed by atoms with Crippen molar-refractivity contribution >= 4 is 24.0 Å². The third kappa shape index (κ3) is 1.19. The van der Waals surface area contributed by atoms with Crippen molar-refractivity contribution in [1.29, 1.82) is 0 Å². The zero-order valence-electron chi connectivity index (χ0n) is 5.66. The van der Waals surface area contributed by atoms with E-state index in [9.17, 15) is 0 Å². The SMILES string of the molecule is ClC1=CC=C2N=CC=NC2N1. The zero-order valence-corrected chi connectivity index (χ0v) is 6.42. The van der Waals surface area contributed by atoms with Crippen LogP contribution in [0, 0.1) is 0 Å². The standard InChI is InChI=1S/C7H6ClN3/c8-6-2-1-5-7(11-6)10-4-3-9-5/h1-4,7,11H. The number of halogens is 1. The molecule has 0 saturated carbocycles. The maximum atomic E-state index is 5.72. The Balaban J connectivity index is 2.33. The lowest BCUT2D eigenvalue weighted by molar-refractivity contribution is 0.673. The normalized spacial score (nSPS) is 26.8. The Morgan fingerprint density at radius 3 is 3.18 bits per heavy atom. The first kappa shape index (κ1) is 6.61. The maximum Gasteiger partial charge on any atom is 0.162 e. The molecular formula is C7H6ClN3. The molecule has 0 saturated heterocycles. The van der Waals surface area contributed by atoms with E-state index in [-0.39, 0.29) is 6.17 Å². The van der Waals surface area contributed by atoms with Crippen LogP contribution >= 0.6 is 11.6 Å². The van der Waals surface area contributed by atoms with Crippen molar-refractivity contribution in [1.82, 2.24) is 5.32 Å². The predicted octanol–water partition coefficient (Wildman–Crippen LogP) is 1.03. The topological polar surface area (TPSA) is 36.8 Å². The molecule has 3 nitrogen and oxygen atoms in total. The molecule has 4 heteroatoms. The van der Waals surface area contributed by atoms with Gasteiger partial charge in [0.15, 0.2) is 6.17 Å². The highest BCUT2D eigenvalue weighted by molar-refractivity contribution is 6.29. The molecule has 56 valence electrons. The minimum absolute atomic E-state index is 0.0856. The summed E-state index contributed by atoms with van der Waals surface area (Å²) in [6, 6.07) is 0. The van der Waals surface area contributed by atoms with Crippen LogP contribution in [0.4, 0.5) is 0 Å². The fourth-order valence-corrected chi connectivity index (χ4v) is 1.14. The lowest BCUT2D eigenvalue weighted by Crippen LogP contribution is -2.30. The van der Waals surface area contributed by atoms with Crippen molar-refractivity contribution in [3.8, 4) is 0 Å². The van der Waals surface area contributed by atoms with E-state index in [0.29, 0.717) is 5.16 Å². The van der Waals surface area contributed by atoms with Crippen LogP contribution in [0.2, 0.25) is 0 Å². The van der Waals surface area contributed by atoms with E-state index in [1.165, 1.54) is 0 Å². The first-order chi connectivity index (χ1) is 5.36. The van der Waals surface area contributed by atoms with Gasteiger partial charge in [0.1, 0.15) is 5.16 Å². The minimum atomic E-state index is -0.0856. The molecule has 1 atom stereocenters. The van der Waals surface area contributed by atoms with Crippen molar-refractivity contribution in [2.24, 2.45) is 9.98 Å². The van der Waals surface area contributed by atoms with Gasteiger partial charge in [-0.05, 0) is 12.2 Å². The van der Waals surface area contributed by atoms with E-state index in [0.717, 1.165) is 5.70 Å². The fourth-order valence-electron chi connectivity index (χ4n) is 0.974. The number of dihydropyridines is 1. The molecule has 0 spiro atoms. The number of fused-ring (bicyclic) bond motifs is 1. The van der Waals surface area contributed by atoms with Crippen LogP contribution in [-0.2, 0) is 0 Å². The molecule has 0 bridgehead atoms. The van der Waals surface area contributed by atoms with E-state index in [1.54, 1.807) is 18.5 Å². The summed E-state index contributed by atoms with van der Waals surface area (Å²) in [6.45, 7) is 0. The van der Waals surface area contributed by atoms with Crippen LogP contribution in [-0.4, -0.2) is 18.6 Å². The van der Waals surface area contributed by atoms with Gasteiger partial charge < -0.3 is 5.32 Å². The Labute approximate surface area is 69.2 Å². The summed E-state index contributed by atoms with van der Waals surface area (Å²) >= 11 is 5.72. The smallest absolute Gasteiger partial charge is 0.162 e. The van der Waals surface area contributed by atoms with E-state index in [4.69, 9.17) is 11.6 Å². The lowest BCUT2D eigenvalue weighted by Gasteiger charge is -2.20.